The van der Waals surface area contributed by atoms with E-state index in [1.807, 2.05) is 0 Å². The minimum Gasteiger partial charge on any atom is -0.493 e. The Morgan fingerprint density at radius 1 is 0.818 bits per heavy atom. The first-order valence-corrected chi connectivity index (χ1v) is 6.86. The molecule has 2 aromatic rings. The van der Waals surface area contributed by atoms with Gasteiger partial charge in [0.1, 0.15) is 0 Å². The highest BCUT2D eigenvalue weighted by atomic mass is 16.5. The molecule has 2 rings (SSSR count). The first-order valence-electron chi connectivity index (χ1n) is 6.86. The van der Waals surface area contributed by atoms with Gasteiger partial charge in [0.15, 0.2) is 11.5 Å². The monoisotopic (exact) mass is 298 g/mol. The molecule has 0 unspecified atom stereocenters. The van der Waals surface area contributed by atoms with E-state index in [1.165, 1.54) is 11.1 Å². The quantitative estimate of drug-likeness (QED) is 0.802. The molecule has 0 aliphatic rings. The maximum absolute atomic E-state index is 5.29. The van der Waals surface area contributed by atoms with E-state index in [4.69, 9.17) is 20.6 Å². The summed E-state index contributed by atoms with van der Waals surface area (Å²) in [5.74, 6) is 4.20. The topological polar surface area (TPSA) is 27.7 Å². The Kier molecular flexibility index (Phi) is 6.85. The Hall–Kier alpha value is -2.60. The third-order valence-corrected chi connectivity index (χ3v) is 3.26. The van der Waals surface area contributed by atoms with Crippen molar-refractivity contribution in [3.8, 4) is 29.6 Å². The van der Waals surface area contributed by atoms with Gasteiger partial charge in [-0.25, -0.2) is 0 Å². The number of ether oxygens (including phenoxy) is 3. The van der Waals surface area contributed by atoms with Crippen LogP contribution < -0.4 is 14.2 Å². The maximum Gasteiger partial charge on any atom is 0.203 e. The zero-order valence-electron chi connectivity index (χ0n) is 13.8. The van der Waals surface area contributed by atoms with Crippen LogP contribution in [0, 0.1) is 26.2 Å². The van der Waals surface area contributed by atoms with Crippen LogP contribution in [0.1, 0.15) is 16.7 Å². The number of terminal acetylenes is 1. The molecule has 116 valence electrons. The largest absolute Gasteiger partial charge is 0.493 e. The summed E-state index contributed by atoms with van der Waals surface area (Å²) in [7, 11) is 4.66. The summed E-state index contributed by atoms with van der Waals surface area (Å²) in [6, 6.07) is 11.8. The van der Waals surface area contributed by atoms with Gasteiger partial charge in [-0.3, -0.25) is 0 Å². The van der Waals surface area contributed by atoms with E-state index in [0.29, 0.717) is 22.8 Å². The van der Waals surface area contributed by atoms with Crippen LogP contribution in [0.25, 0.3) is 0 Å². The summed E-state index contributed by atoms with van der Waals surface area (Å²) in [5, 5.41) is 0. The second-order valence-electron chi connectivity index (χ2n) is 4.64. The van der Waals surface area contributed by atoms with Crippen LogP contribution in [0.3, 0.4) is 0 Å². The van der Waals surface area contributed by atoms with Gasteiger partial charge in [0, 0.05) is 5.56 Å². The second kappa shape index (κ2) is 8.63. The molecule has 2 aromatic carbocycles. The molecule has 22 heavy (non-hydrogen) atoms. The normalized spacial score (nSPS) is 9.09. The molecule has 0 atom stereocenters. The third kappa shape index (κ3) is 4.46. The van der Waals surface area contributed by atoms with Crippen molar-refractivity contribution in [1.82, 2.24) is 0 Å². The van der Waals surface area contributed by atoms with Crippen LogP contribution in [-0.4, -0.2) is 21.3 Å². The maximum atomic E-state index is 5.29. The Morgan fingerprint density at radius 2 is 1.27 bits per heavy atom. The molecule has 0 aliphatic heterocycles. The van der Waals surface area contributed by atoms with E-state index in [2.05, 4.69) is 44.0 Å². The highest BCUT2D eigenvalue weighted by Crippen LogP contribution is 2.37. The van der Waals surface area contributed by atoms with E-state index in [0.717, 1.165) is 0 Å². The summed E-state index contributed by atoms with van der Waals surface area (Å²) in [6.45, 7) is 4.24. The van der Waals surface area contributed by atoms with Crippen molar-refractivity contribution in [3.05, 3.63) is 53.1 Å². The highest BCUT2D eigenvalue weighted by Gasteiger charge is 2.11. The minimum atomic E-state index is 0.550. The van der Waals surface area contributed by atoms with Gasteiger partial charge in [0.05, 0.1) is 21.3 Å². The molecule has 0 fully saturated rings. The zero-order chi connectivity index (χ0) is 16.5. The fourth-order valence-electron chi connectivity index (χ4n) is 1.83. The average molecular weight is 298 g/mol. The Labute approximate surface area is 132 Å². The van der Waals surface area contributed by atoms with Crippen LogP contribution >= 0.6 is 0 Å². The van der Waals surface area contributed by atoms with Crippen molar-refractivity contribution in [2.75, 3.05) is 21.3 Å². The van der Waals surface area contributed by atoms with E-state index in [9.17, 15) is 0 Å². The van der Waals surface area contributed by atoms with Crippen molar-refractivity contribution in [2.24, 2.45) is 0 Å². The number of hydrogen-bond donors (Lipinski definition) is 0. The Bertz CT molecular complexity index is 608. The van der Waals surface area contributed by atoms with Crippen LogP contribution in [0.4, 0.5) is 0 Å². The van der Waals surface area contributed by atoms with Crippen molar-refractivity contribution in [3.63, 3.8) is 0 Å². The lowest BCUT2D eigenvalue weighted by molar-refractivity contribution is 0.324. The van der Waals surface area contributed by atoms with Crippen molar-refractivity contribution in [1.29, 1.82) is 0 Å². The van der Waals surface area contributed by atoms with E-state index >= 15 is 0 Å². The summed E-state index contributed by atoms with van der Waals surface area (Å²) < 4.78 is 15.4. The number of hydrogen-bond acceptors (Lipinski definition) is 3. The molecule has 0 N–H and O–H groups in total. The molecule has 0 radical (unpaired) electrons. The van der Waals surface area contributed by atoms with Crippen molar-refractivity contribution in [2.45, 2.75) is 13.8 Å². The fourth-order valence-corrected chi connectivity index (χ4v) is 1.83. The molecule has 0 amide bonds. The van der Waals surface area contributed by atoms with Crippen LogP contribution in [0.15, 0.2) is 36.4 Å². The predicted molar refractivity (Wildman–Crippen MR) is 89.9 cm³/mol. The Balaban J connectivity index is 0.000000255. The molecule has 0 aromatic heterocycles. The number of methoxy groups -OCH3 is 3. The first-order chi connectivity index (χ1) is 10.6. The predicted octanol–water partition coefficient (Wildman–Crippen LogP) is 4.00. The van der Waals surface area contributed by atoms with Gasteiger partial charge in [0.2, 0.25) is 5.75 Å². The number of aryl methyl sites for hydroxylation is 2. The van der Waals surface area contributed by atoms with Crippen LogP contribution in [0.2, 0.25) is 0 Å². The molecule has 0 spiro atoms. The van der Waals surface area contributed by atoms with Gasteiger partial charge < -0.3 is 14.2 Å². The molecule has 0 aliphatic carbocycles. The summed E-state index contributed by atoms with van der Waals surface area (Å²) in [5.41, 5.74) is 3.43. The summed E-state index contributed by atoms with van der Waals surface area (Å²) >= 11 is 0. The van der Waals surface area contributed by atoms with Gasteiger partial charge in [0.25, 0.3) is 0 Å². The van der Waals surface area contributed by atoms with Gasteiger partial charge in [-0.05, 0) is 37.1 Å². The molecule has 3 heteroatoms. The SMILES string of the molecule is C#Cc1cc(OC)c(OC)c(OC)c1.Cc1ccccc1C. The average Bonchev–Trinajstić information content (AvgIpc) is 2.56. The molecular formula is C19H22O3. The fraction of sp³-hybridized carbons (Fsp3) is 0.263. The van der Waals surface area contributed by atoms with Gasteiger partial charge >= 0.3 is 0 Å². The molecule has 0 bridgehead atoms. The first kappa shape index (κ1) is 17.5. The smallest absolute Gasteiger partial charge is 0.203 e. The van der Waals surface area contributed by atoms with Crippen LogP contribution in [-0.2, 0) is 0 Å². The van der Waals surface area contributed by atoms with Crippen LogP contribution in [0.5, 0.6) is 17.2 Å². The molecule has 3 nitrogen and oxygen atoms in total. The highest BCUT2D eigenvalue weighted by molar-refractivity contribution is 5.56. The lowest BCUT2D eigenvalue weighted by Crippen LogP contribution is -1.95. The number of rotatable bonds is 3. The third-order valence-electron chi connectivity index (χ3n) is 3.26. The number of benzene rings is 2. The van der Waals surface area contributed by atoms with E-state index in [1.54, 1.807) is 33.5 Å². The van der Waals surface area contributed by atoms with Crippen molar-refractivity contribution >= 4 is 0 Å². The summed E-state index contributed by atoms with van der Waals surface area (Å²) in [6.07, 6.45) is 5.29. The van der Waals surface area contributed by atoms with E-state index in [-0.39, 0.29) is 0 Å². The minimum absolute atomic E-state index is 0.550. The lowest BCUT2D eigenvalue weighted by atomic mass is 10.1. The molecular weight excluding hydrogens is 276 g/mol. The molecule has 0 saturated carbocycles. The second-order valence-corrected chi connectivity index (χ2v) is 4.64. The van der Waals surface area contributed by atoms with Gasteiger partial charge in [-0.2, -0.15) is 0 Å². The lowest BCUT2D eigenvalue weighted by Gasteiger charge is -2.12. The van der Waals surface area contributed by atoms with Gasteiger partial charge in [-0.1, -0.05) is 30.2 Å². The standard InChI is InChI=1S/C11H12O3.C8H10/c1-5-8-6-9(12-2)11(14-4)10(7-8)13-3;1-7-5-3-4-6-8(7)2/h1,6-7H,2-4H3;3-6H,1-2H3. The van der Waals surface area contributed by atoms with Crippen molar-refractivity contribution < 1.29 is 14.2 Å². The van der Waals surface area contributed by atoms with Gasteiger partial charge in [-0.15, -0.1) is 6.42 Å². The summed E-state index contributed by atoms with van der Waals surface area (Å²) in [4.78, 5) is 0. The van der Waals surface area contributed by atoms with E-state index < -0.39 is 0 Å². The zero-order valence-corrected chi connectivity index (χ0v) is 13.8. The molecule has 0 saturated heterocycles. The Morgan fingerprint density at radius 3 is 1.55 bits per heavy atom. The molecule has 0 heterocycles.